The SMILES string of the molecule is O=CCCCc1cc(F)ccc1Cl. The summed E-state index contributed by atoms with van der Waals surface area (Å²) in [7, 11) is 0. The first-order chi connectivity index (χ1) is 6.24. The third-order valence-electron chi connectivity index (χ3n) is 1.78. The Balaban J connectivity index is 2.64. The molecule has 0 amide bonds. The van der Waals surface area contributed by atoms with Crippen LogP contribution in [0.25, 0.3) is 0 Å². The van der Waals surface area contributed by atoms with Crippen LogP contribution in [-0.4, -0.2) is 6.29 Å². The minimum atomic E-state index is -0.287. The summed E-state index contributed by atoms with van der Waals surface area (Å²) in [6.07, 6.45) is 2.71. The summed E-state index contributed by atoms with van der Waals surface area (Å²) in [4.78, 5) is 10.0. The lowest BCUT2D eigenvalue weighted by molar-refractivity contribution is -0.107. The summed E-state index contributed by atoms with van der Waals surface area (Å²) in [5.74, 6) is -0.287. The molecule has 0 radical (unpaired) electrons. The molecular weight excluding hydrogens is 191 g/mol. The van der Waals surface area contributed by atoms with Crippen molar-refractivity contribution in [3.05, 3.63) is 34.6 Å². The maximum atomic E-state index is 12.7. The second-order valence-electron chi connectivity index (χ2n) is 2.79. The second kappa shape index (κ2) is 4.97. The molecule has 0 aromatic heterocycles. The molecule has 3 heteroatoms. The molecule has 0 saturated heterocycles. The molecule has 1 aromatic rings. The van der Waals surface area contributed by atoms with Gasteiger partial charge < -0.3 is 4.79 Å². The molecule has 0 N–H and O–H groups in total. The van der Waals surface area contributed by atoms with Gasteiger partial charge in [0, 0.05) is 11.4 Å². The largest absolute Gasteiger partial charge is 0.303 e. The zero-order chi connectivity index (χ0) is 9.68. The minimum Gasteiger partial charge on any atom is -0.303 e. The van der Waals surface area contributed by atoms with E-state index in [2.05, 4.69) is 0 Å². The van der Waals surface area contributed by atoms with Crippen LogP contribution in [0.15, 0.2) is 18.2 Å². The number of carbonyl (C=O) groups excluding carboxylic acids is 1. The molecule has 0 spiro atoms. The highest BCUT2D eigenvalue weighted by Crippen LogP contribution is 2.18. The average molecular weight is 201 g/mol. The average Bonchev–Trinajstić information content (AvgIpc) is 2.11. The van der Waals surface area contributed by atoms with Crippen LogP contribution in [-0.2, 0) is 11.2 Å². The van der Waals surface area contributed by atoms with E-state index in [-0.39, 0.29) is 5.82 Å². The number of aldehydes is 1. The smallest absolute Gasteiger partial charge is 0.123 e. The van der Waals surface area contributed by atoms with E-state index in [0.29, 0.717) is 24.3 Å². The van der Waals surface area contributed by atoms with Crippen molar-refractivity contribution in [2.75, 3.05) is 0 Å². The van der Waals surface area contributed by atoms with E-state index < -0.39 is 0 Å². The third-order valence-corrected chi connectivity index (χ3v) is 2.14. The molecule has 1 nitrogen and oxygen atoms in total. The van der Waals surface area contributed by atoms with Crippen molar-refractivity contribution in [3.63, 3.8) is 0 Å². The van der Waals surface area contributed by atoms with Crippen LogP contribution in [0, 0.1) is 5.82 Å². The molecule has 0 bridgehead atoms. The highest BCUT2D eigenvalue weighted by Gasteiger charge is 2.01. The topological polar surface area (TPSA) is 17.1 Å². The Morgan fingerprint density at radius 3 is 2.92 bits per heavy atom. The number of benzene rings is 1. The van der Waals surface area contributed by atoms with Crippen molar-refractivity contribution in [1.29, 1.82) is 0 Å². The Morgan fingerprint density at radius 2 is 2.23 bits per heavy atom. The van der Waals surface area contributed by atoms with Crippen LogP contribution < -0.4 is 0 Å². The van der Waals surface area contributed by atoms with Gasteiger partial charge in [-0.25, -0.2) is 4.39 Å². The third kappa shape index (κ3) is 3.15. The lowest BCUT2D eigenvalue weighted by Gasteiger charge is -2.02. The van der Waals surface area contributed by atoms with Gasteiger partial charge in [-0.3, -0.25) is 0 Å². The van der Waals surface area contributed by atoms with Gasteiger partial charge in [0.1, 0.15) is 12.1 Å². The fraction of sp³-hybridized carbons (Fsp3) is 0.300. The number of unbranched alkanes of at least 4 members (excludes halogenated alkanes) is 1. The first-order valence-corrected chi connectivity index (χ1v) is 4.49. The fourth-order valence-corrected chi connectivity index (χ4v) is 1.32. The summed E-state index contributed by atoms with van der Waals surface area (Å²) >= 11 is 5.82. The van der Waals surface area contributed by atoms with Crippen LogP contribution in [0.5, 0.6) is 0 Å². The van der Waals surface area contributed by atoms with Gasteiger partial charge in [-0.05, 0) is 36.6 Å². The maximum Gasteiger partial charge on any atom is 0.123 e. The van der Waals surface area contributed by atoms with E-state index in [4.69, 9.17) is 11.6 Å². The van der Waals surface area contributed by atoms with Crippen LogP contribution in [0.2, 0.25) is 5.02 Å². The van der Waals surface area contributed by atoms with Gasteiger partial charge in [0.2, 0.25) is 0 Å². The normalized spacial score (nSPS) is 10.0. The Kier molecular flexibility index (Phi) is 3.90. The van der Waals surface area contributed by atoms with E-state index >= 15 is 0 Å². The number of halogens is 2. The predicted octanol–water partition coefficient (Wildman–Crippen LogP) is 3.00. The molecule has 1 rings (SSSR count). The Labute approximate surface area is 81.5 Å². The molecular formula is C10H10ClFO. The highest BCUT2D eigenvalue weighted by atomic mass is 35.5. The first-order valence-electron chi connectivity index (χ1n) is 4.11. The van der Waals surface area contributed by atoms with E-state index in [1.54, 1.807) is 0 Å². The maximum absolute atomic E-state index is 12.7. The lowest BCUT2D eigenvalue weighted by Crippen LogP contribution is -1.89. The van der Waals surface area contributed by atoms with Crippen molar-refractivity contribution >= 4 is 17.9 Å². The summed E-state index contributed by atoms with van der Waals surface area (Å²) in [6.45, 7) is 0. The summed E-state index contributed by atoms with van der Waals surface area (Å²) in [5.41, 5.74) is 0.767. The minimum absolute atomic E-state index is 0.287. The van der Waals surface area contributed by atoms with Crippen LogP contribution in [0.1, 0.15) is 18.4 Å². The van der Waals surface area contributed by atoms with E-state index in [1.807, 2.05) is 0 Å². The Hall–Kier alpha value is -0.890. The van der Waals surface area contributed by atoms with Crippen molar-refractivity contribution < 1.29 is 9.18 Å². The zero-order valence-corrected chi connectivity index (χ0v) is 7.85. The van der Waals surface area contributed by atoms with E-state index in [9.17, 15) is 9.18 Å². The fourth-order valence-electron chi connectivity index (χ4n) is 1.11. The van der Waals surface area contributed by atoms with Gasteiger partial charge in [0.05, 0.1) is 0 Å². The van der Waals surface area contributed by atoms with Gasteiger partial charge in [-0.2, -0.15) is 0 Å². The van der Waals surface area contributed by atoms with E-state index in [0.717, 1.165) is 11.8 Å². The molecule has 0 heterocycles. The van der Waals surface area contributed by atoms with Gasteiger partial charge >= 0.3 is 0 Å². The number of rotatable bonds is 4. The lowest BCUT2D eigenvalue weighted by atomic mass is 10.1. The zero-order valence-electron chi connectivity index (χ0n) is 7.09. The van der Waals surface area contributed by atoms with E-state index in [1.165, 1.54) is 18.2 Å². The van der Waals surface area contributed by atoms with Gasteiger partial charge in [-0.15, -0.1) is 0 Å². The number of aryl methyl sites for hydroxylation is 1. The molecule has 0 aliphatic heterocycles. The molecule has 0 atom stereocenters. The second-order valence-corrected chi connectivity index (χ2v) is 3.20. The Bertz CT molecular complexity index is 299. The van der Waals surface area contributed by atoms with Gasteiger partial charge in [0.15, 0.2) is 0 Å². The van der Waals surface area contributed by atoms with Crippen LogP contribution >= 0.6 is 11.6 Å². The number of hydrogen-bond donors (Lipinski definition) is 0. The predicted molar refractivity (Wildman–Crippen MR) is 50.4 cm³/mol. The summed E-state index contributed by atoms with van der Waals surface area (Å²) < 4.78 is 12.7. The molecule has 0 aliphatic carbocycles. The molecule has 70 valence electrons. The molecule has 0 unspecified atom stereocenters. The van der Waals surface area contributed by atoms with Crippen LogP contribution in [0.4, 0.5) is 4.39 Å². The number of carbonyl (C=O) groups is 1. The summed E-state index contributed by atoms with van der Waals surface area (Å²) in [5, 5.41) is 0.562. The standard InChI is InChI=1S/C10H10ClFO/c11-10-5-4-9(12)7-8(10)3-1-2-6-13/h4-7H,1-3H2. The van der Waals surface area contributed by atoms with Crippen molar-refractivity contribution in [2.45, 2.75) is 19.3 Å². The van der Waals surface area contributed by atoms with Crippen molar-refractivity contribution in [3.8, 4) is 0 Å². The summed E-state index contributed by atoms with van der Waals surface area (Å²) in [6, 6.07) is 4.27. The number of hydrogen-bond acceptors (Lipinski definition) is 1. The molecule has 0 fully saturated rings. The first kappa shape index (κ1) is 10.2. The molecule has 0 aliphatic rings. The van der Waals surface area contributed by atoms with Crippen molar-refractivity contribution in [1.82, 2.24) is 0 Å². The molecule has 13 heavy (non-hydrogen) atoms. The highest BCUT2D eigenvalue weighted by molar-refractivity contribution is 6.31. The van der Waals surface area contributed by atoms with Crippen molar-refractivity contribution in [2.24, 2.45) is 0 Å². The quantitative estimate of drug-likeness (QED) is 0.540. The van der Waals surface area contributed by atoms with Gasteiger partial charge in [0.25, 0.3) is 0 Å². The van der Waals surface area contributed by atoms with Crippen LogP contribution in [0.3, 0.4) is 0 Å². The monoisotopic (exact) mass is 200 g/mol. The Morgan fingerprint density at radius 1 is 1.46 bits per heavy atom. The van der Waals surface area contributed by atoms with Gasteiger partial charge in [-0.1, -0.05) is 11.6 Å². The molecule has 0 saturated carbocycles. The molecule has 1 aromatic carbocycles.